The summed E-state index contributed by atoms with van der Waals surface area (Å²) in [5.74, 6) is -0.0644. The average Bonchev–Trinajstić information content (AvgIpc) is 2.11. The fraction of sp³-hybridized carbons (Fsp3) is 0.917. The van der Waals surface area contributed by atoms with Crippen LogP contribution in [0, 0.1) is 0 Å². The van der Waals surface area contributed by atoms with Crippen LogP contribution in [0.2, 0.25) is 0 Å². The second-order valence-electron chi connectivity index (χ2n) is 4.95. The molecule has 0 aromatic carbocycles. The average molecular weight is 214 g/mol. The van der Waals surface area contributed by atoms with Crippen LogP contribution in [-0.2, 0) is 4.79 Å². The SMILES string of the molecule is CCCCCCC(C)NC(=O)C(C)(C)N. The second-order valence-corrected chi connectivity index (χ2v) is 4.95. The van der Waals surface area contributed by atoms with E-state index in [-0.39, 0.29) is 11.9 Å². The van der Waals surface area contributed by atoms with Crippen LogP contribution in [0.5, 0.6) is 0 Å². The van der Waals surface area contributed by atoms with Gasteiger partial charge in [0.1, 0.15) is 0 Å². The van der Waals surface area contributed by atoms with Crippen molar-refractivity contribution in [1.82, 2.24) is 5.32 Å². The summed E-state index contributed by atoms with van der Waals surface area (Å²) in [4.78, 5) is 11.5. The monoisotopic (exact) mass is 214 g/mol. The first-order chi connectivity index (χ1) is 6.88. The zero-order valence-electron chi connectivity index (χ0n) is 10.6. The molecule has 0 aliphatic heterocycles. The van der Waals surface area contributed by atoms with Gasteiger partial charge in [0.15, 0.2) is 0 Å². The second kappa shape index (κ2) is 6.83. The zero-order valence-corrected chi connectivity index (χ0v) is 10.6. The minimum atomic E-state index is -0.766. The van der Waals surface area contributed by atoms with Crippen LogP contribution < -0.4 is 11.1 Å². The molecule has 0 aliphatic carbocycles. The summed E-state index contributed by atoms with van der Waals surface area (Å²) < 4.78 is 0. The van der Waals surface area contributed by atoms with Gasteiger partial charge in [0.2, 0.25) is 5.91 Å². The molecular formula is C12H26N2O. The number of carbonyl (C=O) groups excluding carboxylic acids is 1. The third-order valence-corrected chi connectivity index (χ3v) is 2.45. The summed E-state index contributed by atoms with van der Waals surface area (Å²) in [7, 11) is 0. The molecule has 0 bridgehead atoms. The summed E-state index contributed by atoms with van der Waals surface area (Å²) in [5.41, 5.74) is 4.93. The molecule has 3 nitrogen and oxygen atoms in total. The molecule has 0 aromatic rings. The van der Waals surface area contributed by atoms with Crippen LogP contribution in [0.3, 0.4) is 0 Å². The lowest BCUT2D eigenvalue weighted by molar-refractivity contribution is -0.125. The topological polar surface area (TPSA) is 55.1 Å². The third kappa shape index (κ3) is 7.37. The number of hydrogen-bond donors (Lipinski definition) is 2. The van der Waals surface area contributed by atoms with Crippen molar-refractivity contribution in [2.45, 2.75) is 71.4 Å². The normalized spacial score (nSPS) is 13.7. The summed E-state index contributed by atoms with van der Waals surface area (Å²) in [6.45, 7) is 7.69. The highest BCUT2D eigenvalue weighted by Crippen LogP contribution is 2.06. The Balaban J connectivity index is 3.65. The Hall–Kier alpha value is -0.570. The molecule has 15 heavy (non-hydrogen) atoms. The molecule has 0 fully saturated rings. The van der Waals surface area contributed by atoms with Crippen LogP contribution >= 0.6 is 0 Å². The molecule has 1 unspecified atom stereocenters. The summed E-state index contributed by atoms with van der Waals surface area (Å²) in [5, 5.41) is 2.93. The smallest absolute Gasteiger partial charge is 0.239 e. The predicted octanol–water partition coefficient (Wildman–Crippen LogP) is 2.20. The highest BCUT2D eigenvalue weighted by Gasteiger charge is 2.22. The Morgan fingerprint density at radius 1 is 1.33 bits per heavy atom. The Morgan fingerprint density at radius 2 is 1.93 bits per heavy atom. The van der Waals surface area contributed by atoms with E-state index in [0.29, 0.717) is 0 Å². The van der Waals surface area contributed by atoms with Gasteiger partial charge in [0.25, 0.3) is 0 Å². The first kappa shape index (κ1) is 14.4. The van der Waals surface area contributed by atoms with Crippen LogP contribution in [0.15, 0.2) is 0 Å². The molecule has 1 atom stereocenters. The van der Waals surface area contributed by atoms with Gasteiger partial charge in [0, 0.05) is 6.04 Å². The molecule has 0 radical (unpaired) electrons. The van der Waals surface area contributed by atoms with Crippen LogP contribution in [0.4, 0.5) is 0 Å². The van der Waals surface area contributed by atoms with Crippen molar-refractivity contribution in [3.8, 4) is 0 Å². The van der Waals surface area contributed by atoms with Crippen molar-refractivity contribution >= 4 is 5.91 Å². The molecule has 90 valence electrons. The summed E-state index contributed by atoms with van der Waals surface area (Å²) in [6, 6.07) is 0.234. The first-order valence-corrected chi connectivity index (χ1v) is 5.97. The van der Waals surface area contributed by atoms with Crippen molar-refractivity contribution in [3.63, 3.8) is 0 Å². The van der Waals surface area contributed by atoms with Crippen molar-refractivity contribution in [2.75, 3.05) is 0 Å². The molecule has 3 heteroatoms. The van der Waals surface area contributed by atoms with Gasteiger partial charge >= 0.3 is 0 Å². The molecular weight excluding hydrogens is 188 g/mol. The van der Waals surface area contributed by atoms with E-state index in [4.69, 9.17) is 5.73 Å². The maximum atomic E-state index is 11.5. The number of carbonyl (C=O) groups is 1. The largest absolute Gasteiger partial charge is 0.352 e. The van der Waals surface area contributed by atoms with Gasteiger partial charge in [-0.2, -0.15) is 0 Å². The molecule has 0 saturated carbocycles. The number of amides is 1. The van der Waals surface area contributed by atoms with Crippen molar-refractivity contribution in [3.05, 3.63) is 0 Å². The highest BCUT2D eigenvalue weighted by molar-refractivity contribution is 5.85. The van der Waals surface area contributed by atoms with Gasteiger partial charge in [-0.05, 0) is 27.2 Å². The maximum Gasteiger partial charge on any atom is 0.239 e. The van der Waals surface area contributed by atoms with Crippen LogP contribution in [0.1, 0.15) is 59.8 Å². The minimum Gasteiger partial charge on any atom is -0.352 e. The van der Waals surface area contributed by atoms with E-state index in [2.05, 4.69) is 12.2 Å². The van der Waals surface area contributed by atoms with Crippen molar-refractivity contribution in [2.24, 2.45) is 5.73 Å². The Labute approximate surface area is 93.8 Å². The van der Waals surface area contributed by atoms with Gasteiger partial charge in [-0.25, -0.2) is 0 Å². The molecule has 0 saturated heterocycles. The van der Waals surface area contributed by atoms with E-state index in [1.165, 1.54) is 25.7 Å². The summed E-state index contributed by atoms with van der Waals surface area (Å²) >= 11 is 0. The molecule has 0 spiro atoms. The predicted molar refractivity (Wildman–Crippen MR) is 64.6 cm³/mol. The van der Waals surface area contributed by atoms with Gasteiger partial charge in [-0.3, -0.25) is 4.79 Å². The molecule has 3 N–H and O–H groups in total. The van der Waals surface area contributed by atoms with E-state index in [0.717, 1.165) is 6.42 Å². The number of unbranched alkanes of at least 4 members (excludes halogenated alkanes) is 3. The number of nitrogens with one attached hydrogen (secondary N) is 1. The molecule has 0 aliphatic rings. The summed E-state index contributed by atoms with van der Waals surface area (Å²) in [6.07, 6.45) is 6.00. The quantitative estimate of drug-likeness (QED) is 0.638. The van der Waals surface area contributed by atoms with E-state index >= 15 is 0 Å². The van der Waals surface area contributed by atoms with Gasteiger partial charge in [0.05, 0.1) is 5.54 Å². The maximum absolute atomic E-state index is 11.5. The minimum absolute atomic E-state index is 0.0644. The lowest BCUT2D eigenvalue weighted by atomic mass is 10.0. The lowest BCUT2D eigenvalue weighted by Gasteiger charge is -2.21. The number of rotatable bonds is 7. The van der Waals surface area contributed by atoms with Crippen molar-refractivity contribution < 1.29 is 4.79 Å². The van der Waals surface area contributed by atoms with E-state index in [1.54, 1.807) is 13.8 Å². The highest BCUT2D eigenvalue weighted by atomic mass is 16.2. The Morgan fingerprint density at radius 3 is 2.40 bits per heavy atom. The van der Waals surface area contributed by atoms with Crippen LogP contribution in [0.25, 0.3) is 0 Å². The van der Waals surface area contributed by atoms with E-state index < -0.39 is 5.54 Å². The van der Waals surface area contributed by atoms with Gasteiger partial charge in [-0.15, -0.1) is 0 Å². The standard InChI is InChI=1S/C12H26N2O/c1-5-6-7-8-9-10(2)14-11(15)12(3,4)13/h10H,5-9,13H2,1-4H3,(H,14,15). The van der Waals surface area contributed by atoms with Crippen molar-refractivity contribution in [1.29, 1.82) is 0 Å². The first-order valence-electron chi connectivity index (χ1n) is 5.97. The van der Waals surface area contributed by atoms with Gasteiger partial charge < -0.3 is 11.1 Å². The molecule has 1 amide bonds. The Bertz CT molecular complexity index is 185. The third-order valence-electron chi connectivity index (χ3n) is 2.45. The lowest BCUT2D eigenvalue weighted by Crippen LogP contribution is -2.51. The molecule has 0 aromatic heterocycles. The number of hydrogen-bond acceptors (Lipinski definition) is 2. The fourth-order valence-electron chi connectivity index (χ4n) is 1.36. The zero-order chi connectivity index (χ0) is 11.9. The van der Waals surface area contributed by atoms with E-state index in [1.807, 2.05) is 6.92 Å². The van der Waals surface area contributed by atoms with E-state index in [9.17, 15) is 4.79 Å². The van der Waals surface area contributed by atoms with Gasteiger partial charge in [-0.1, -0.05) is 32.6 Å². The molecule has 0 rings (SSSR count). The number of nitrogens with two attached hydrogens (primary N) is 1. The fourth-order valence-corrected chi connectivity index (χ4v) is 1.36. The Kier molecular flexibility index (Phi) is 6.57. The van der Waals surface area contributed by atoms with Crippen LogP contribution in [-0.4, -0.2) is 17.5 Å². The molecule has 0 heterocycles.